The molecule has 0 spiro atoms. The minimum Gasteiger partial charge on any atom is -0.488 e. The van der Waals surface area contributed by atoms with Gasteiger partial charge in [-0.05, 0) is 35.2 Å². The van der Waals surface area contributed by atoms with E-state index >= 15 is 0 Å². The molecule has 0 fully saturated rings. The number of amides is 2. The zero-order chi connectivity index (χ0) is 18.9. The van der Waals surface area contributed by atoms with Gasteiger partial charge in [0.15, 0.2) is 0 Å². The molecular formula is C21H18N2O3S. The summed E-state index contributed by atoms with van der Waals surface area (Å²) in [4.78, 5) is 25.2. The number of hydrogen-bond acceptors (Lipinski definition) is 4. The summed E-state index contributed by atoms with van der Waals surface area (Å²) in [5.74, 6) is -0.418. The molecule has 0 aliphatic rings. The molecule has 6 heteroatoms. The van der Waals surface area contributed by atoms with E-state index in [0.717, 1.165) is 10.4 Å². The number of hydrogen-bond donors (Lipinski definition) is 2. The van der Waals surface area contributed by atoms with E-state index in [1.54, 1.807) is 30.3 Å². The summed E-state index contributed by atoms with van der Waals surface area (Å²) in [6.07, 6.45) is 3.05. The predicted octanol–water partition coefficient (Wildman–Crippen LogP) is 3.80. The van der Waals surface area contributed by atoms with Crippen molar-refractivity contribution in [1.29, 1.82) is 0 Å². The number of carbonyl (C=O) groups is 2. The van der Waals surface area contributed by atoms with E-state index in [1.165, 1.54) is 17.4 Å². The second-order valence-electron chi connectivity index (χ2n) is 5.56. The summed E-state index contributed by atoms with van der Waals surface area (Å²) in [5, 5.41) is 1.92. The van der Waals surface area contributed by atoms with Crippen LogP contribution < -0.4 is 15.6 Å². The first-order chi connectivity index (χ1) is 13.2. The molecule has 2 N–H and O–H groups in total. The van der Waals surface area contributed by atoms with Crippen molar-refractivity contribution < 1.29 is 14.3 Å². The molecule has 2 amide bonds. The van der Waals surface area contributed by atoms with Crippen LogP contribution in [0.5, 0.6) is 5.75 Å². The molecule has 1 aromatic heterocycles. The van der Waals surface area contributed by atoms with Crippen molar-refractivity contribution in [3.8, 4) is 5.75 Å². The molecule has 136 valence electrons. The van der Waals surface area contributed by atoms with Crippen molar-refractivity contribution in [3.05, 3.63) is 94.2 Å². The Morgan fingerprint density at radius 1 is 0.926 bits per heavy atom. The monoisotopic (exact) mass is 378 g/mol. The molecule has 0 aliphatic carbocycles. The molecule has 0 unspecified atom stereocenters. The Morgan fingerprint density at radius 2 is 1.70 bits per heavy atom. The Balaban J connectivity index is 1.57. The third-order valence-corrected chi connectivity index (χ3v) is 4.45. The molecule has 0 saturated carbocycles. The van der Waals surface area contributed by atoms with E-state index < -0.39 is 11.8 Å². The number of hydrazine groups is 1. The van der Waals surface area contributed by atoms with Crippen LogP contribution in [-0.2, 0) is 11.4 Å². The molecular weight excluding hydrogens is 360 g/mol. The van der Waals surface area contributed by atoms with Gasteiger partial charge in [0.1, 0.15) is 12.4 Å². The van der Waals surface area contributed by atoms with Crippen LogP contribution in [0.3, 0.4) is 0 Å². The molecule has 0 saturated heterocycles. The minimum atomic E-state index is -0.448. The summed E-state index contributed by atoms with van der Waals surface area (Å²) in [6.45, 7) is 0.348. The van der Waals surface area contributed by atoms with Crippen LogP contribution in [-0.4, -0.2) is 11.8 Å². The van der Waals surface area contributed by atoms with Crippen molar-refractivity contribution in [2.45, 2.75) is 6.61 Å². The number of ether oxygens (including phenoxy) is 1. The molecule has 0 bridgehead atoms. The maximum atomic E-state index is 12.4. The standard InChI is InChI=1S/C21H18N2O3S/c24-20(13-12-17-9-6-14-27-17)22-23-21(25)18-10-4-5-11-19(18)26-15-16-7-2-1-3-8-16/h1-14H,15H2,(H,22,24)(H,23,25)/b13-12+. The lowest BCUT2D eigenvalue weighted by Crippen LogP contribution is -2.40. The second kappa shape index (κ2) is 9.35. The van der Waals surface area contributed by atoms with Gasteiger partial charge < -0.3 is 4.74 Å². The molecule has 0 radical (unpaired) electrons. The van der Waals surface area contributed by atoms with Gasteiger partial charge in [0.05, 0.1) is 5.56 Å². The Hall–Kier alpha value is -3.38. The van der Waals surface area contributed by atoms with Crippen molar-refractivity contribution in [3.63, 3.8) is 0 Å². The molecule has 0 atom stereocenters. The van der Waals surface area contributed by atoms with Crippen LogP contribution in [0, 0.1) is 0 Å². The number of benzene rings is 2. The predicted molar refractivity (Wildman–Crippen MR) is 106 cm³/mol. The van der Waals surface area contributed by atoms with Crippen molar-refractivity contribution in [1.82, 2.24) is 10.9 Å². The number of thiophene rings is 1. The summed E-state index contributed by atoms with van der Waals surface area (Å²) >= 11 is 1.52. The van der Waals surface area contributed by atoms with Gasteiger partial charge in [-0.15, -0.1) is 11.3 Å². The first kappa shape index (κ1) is 18.4. The van der Waals surface area contributed by atoms with Crippen LogP contribution in [0.1, 0.15) is 20.8 Å². The summed E-state index contributed by atoms with van der Waals surface area (Å²) < 4.78 is 5.76. The SMILES string of the molecule is O=C(/C=C/c1cccs1)NNC(=O)c1ccccc1OCc1ccccc1. The highest BCUT2D eigenvalue weighted by atomic mass is 32.1. The van der Waals surface area contributed by atoms with E-state index in [9.17, 15) is 9.59 Å². The Kier molecular flexibility index (Phi) is 6.38. The van der Waals surface area contributed by atoms with Gasteiger partial charge in [0.2, 0.25) is 0 Å². The topological polar surface area (TPSA) is 67.4 Å². The molecule has 3 aromatic rings. The number of rotatable bonds is 6. The van der Waals surface area contributed by atoms with Crippen LogP contribution >= 0.6 is 11.3 Å². The van der Waals surface area contributed by atoms with Gasteiger partial charge in [-0.25, -0.2) is 0 Å². The highest BCUT2D eigenvalue weighted by Gasteiger charge is 2.12. The first-order valence-electron chi connectivity index (χ1n) is 8.30. The Bertz CT molecular complexity index is 922. The zero-order valence-corrected chi connectivity index (χ0v) is 15.2. The summed E-state index contributed by atoms with van der Waals surface area (Å²) in [6, 6.07) is 20.4. The van der Waals surface area contributed by atoms with E-state index in [1.807, 2.05) is 47.8 Å². The van der Waals surface area contributed by atoms with Gasteiger partial charge in [-0.3, -0.25) is 20.4 Å². The van der Waals surface area contributed by atoms with Crippen molar-refractivity contribution in [2.24, 2.45) is 0 Å². The molecule has 5 nitrogen and oxygen atoms in total. The van der Waals surface area contributed by atoms with Crippen LogP contribution in [0.4, 0.5) is 0 Å². The third kappa shape index (κ3) is 5.55. The number of nitrogens with one attached hydrogen (secondary N) is 2. The zero-order valence-electron chi connectivity index (χ0n) is 14.4. The maximum Gasteiger partial charge on any atom is 0.273 e. The largest absolute Gasteiger partial charge is 0.488 e. The fourth-order valence-electron chi connectivity index (χ4n) is 2.29. The normalized spacial score (nSPS) is 10.5. The lowest BCUT2D eigenvalue weighted by molar-refractivity contribution is -0.117. The van der Waals surface area contributed by atoms with Crippen LogP contribution in [0.25, 0.3) is 6.08 Å². The Morgan fingerprint density at radius 3 is 2.48 bits per heavy atom. The highest BCUT2D eigenvalue weighted by Crippen LogP contribution is 2.19. The van der Waals surface area contributed by atoms with Crippen LogP contribution in [0.2, 0.25) is 0 Å². The molecule has 27 heavy (non-hydrogen) atoms. The maximum absolute atomic E-state index is 12.4. The molecule has 0 aliphatic heterocycles. The lowest BCUT2D eigenvalue weighted by Gasteiger charge is -2.12. The van der Waals surface area contributed by atoms with Gasteiger partial charge in [-0.1, -0.05) is 48.5 Å². The average Bonchev–Trinajstić information content (AvgIpc) is 3.23. The van der Waals surface area contributed by atoms with E-state index in [0.29, 0.717) is 17.9 Å². The average molecular weight is 378 g/mol. The summed E-state index contributed by atoms with van der Waals surface area (Å²) in [5.41, 5.74) is 6.11. The fraction of sp³-hybridized carbons (Fsp3) is 0.0476. The Labute approximate surface area is 161 Å². The van der Waals surface area contributed by atoms with Crippen molar-refractivity contribution >= 4 is 29.2 Å². The third-order valence-electron chi connectivity index (χ3n) is 3.61. The smallest absolute Gasteiger partial charge is 0.273 e. The van der Waals surface area contributed by atoms with Crippen molar-refractivity contribution in [2.75, 3.05) is 0 Å². The number of para-hydroxylation sites is 1. The van der Waals surface area contributed by atoms with Crippen LogP contribution in [0.15, 0.2) is 78.2 Å². The van der Waals surface area contributed by atoms with E-state index in [4.69, 9.17) is 4.74 Å². The fourth-order valence-corrected chi connectivity index (χ4v) is 2.90. The highest BCUT2D eigenvalue weighted by molar-refractivity contribution is 7.10. The molecule has 1 heterocycles. The first-order valence-corrected chi connectivity index (χ1v) is 9.18. The van der Waals surface area contributed by atoms with E-state index in [-0.39, 0.29) is 0 Å². The minimum absolute atomic E-state index is 0.343. The summed E-state index contributed by atoms with van der Waals surface area (Å²) in [7, 11) is 0. The quantitative estimate of drug-likeness (QED) is 0.506. The molecule has 2 aromatic carbocycles. The second-order valence-corrected chi connectivity index (χ2v) is 6.54. The number of carbonyl (C=O) groups excluding carboxylic acids is 2. The van der Waals surface area contributed by atoms with Gasteiger partial charge >= 0.3 is 0 Å². The van der Waals surface area contributed by atoms with Gasteiger partial charge in [0.25, 0.3) is 11.8 Å². The molecule has 3 rings (SSSR count). The van der Waals surface area contributed by atoms with Gasteiger partial charge in [0, 0.05) is 11.0 Å². The van der Waals surface area contributed by atoms with E-state index in [2.05, 4.69) is 10.9 Å². The van der Waals surface area contributed by atoms with Gasteiger partial charge in [-0.2, -0.15) is 0 Å². The lowest BCUT2D eigenvalue weighted by atomic mass is 10.2.